The number of aromatic nitrogens is 8. The summed E-state index contributed by atoms with van der Waals surface area (Å²) >= 11 is 0. The molecule has 4 aromatic rings. The minimum Gasteiger partial charge on any atom is -0.414 e. The summed E-state index contributed by atoms with van der Waals surface area (Å²) in [7, 11) is 1.78. The number of imidazole rings is 2. The van der Waals surface area contributed by atoms with Crippen LogP contribution in [0.3, 0.4) is 0 Å². The second kappa shape index (κ2) is 11.1. The van der Waals surface area contributed by atoms with E-state index >= 15 is 0 Å². The number of nitrogen functional groups attached to an aromatic ring is 2. The fourth-order valence-corrected chi connectivity index (χ4v) is 5.39. The lowest BCUT2D eigenvalue weighted by Gasteiger charge is -2.26. The van der Waals surface area contributed by atoms with Crippen molar-refractivity contribution in [3.63, 3.8) is 0 Å². The minimum atomic E-state index is -1.31. The van der Waals surface area contributed by atoms with Crippen molar-refractivity contribution in [3.05, 3.63) is 29.3 Å². The molecule has 6 heterocycles. The lowest BCUT2D eigenvalue weighted by Crippen LogP contribution is -2.43. The maximum atomic E-state index is 12.3. The van der Waals surface area contributed by atoms with E-state index in [0.29, 0.717) is 11.2 Å². The Kier molecular flexibility index (Phi) is 7.53. The van der Waals surface area contributed by atoms with Crippen LogP contribution in [0.2, 0.25) is 6.32 Å². The summed E-state index contributed by atoms with van der Waals surface area (Å²) < 4.78 is 32.3. The standard InChI is InChI=1S/C22H29BN10O9/c1-38-14-12(35)8(40-20(14)32-6-28-10-16(24)26-5-27-17(10)32)3-23(39-2)42-15-13(36)9(4-34)41-21(15)33-7-29-11-18(33)30-22(25)31-19(11)37/h5-9,12-15,20-21,34-36H,3-4H2,1-2H3,(H2,24,26,27)(H3,25,30,31,37)/t8-,9-,12-,13-,14-,15-,20-,21-/m1/s1. The van der Waals surface area contributed by atoms with Gasteiger partial charge in [-0.1, -0.05) is 0 Å². The normalized spacial score (nSPS) is 29.6. The molecule has 8 N–H and O–H groups in total. The number of hydrogen-bond donors (Lipinski definition) is 6. The number of methoxy groups -OCH3 is 1. The number of hydrogen-bond acceptors (Lipinski definition) is 16. The number of aliphatic hydroxyl groups excluding tert-OH is 3. The average molecular weight is 588 g/mol. The molecule has 4 aromatic heterocycles. The highest BCUT2D eigenvalue weighted by Crippen LogP contribution is 2.38. The Morgan fingerprint density at radius 2 is 1.64 bits per heavy atom. The molecule has 8 atom stereocenters. The number of fused-ring (bicyclic) bond motifs is 2. The van der Waals surface area contributed by atoms with E-state index in [-0.39, 0.29) is 29.3 Å². The molecule has 0 bridgehead atoms. The fraction of sp³-hybridized carbons (Fsp3) is 0.545. The lowest BCUT2D eigenvalue weighted by atomic mass is 9.79. The molecule has 19 nitrogen and oxygen atoms in total. The second-order valence-corrected chi connectivity index (χ2v) is 9.85. The molecule has 0 amide bonds. The Morgan fingerprint density at radius 1 is 0.976 bits per heavy atom. The van der Waals surface area contributed by atoms with Crippen molar-refractivity contribution in [2.75, 3.05) is 32.3 Å². The van der Waals surface area contributed by atoms with Crippen LogP contribution in [0, 0.1) is 0 Å². The summed E-state index contributed by atoms with van der Waals surface area (Å²) in [4.78, 5) is 35.3. The van der Waals surface area contributed by atoms with E-state index in [0.717, 1.165) is 0 Å². The maximum Gasteiger partial charge on any atom is 0.459 e. The molecule has 42 heavy (non-hydrogen) atoms. The fourth-order valence-electron chi connectivity index (χ4n) is 5.39. The molecule has 0 spiro atoms. The number of nitrogens with one attached hydrogen (secondary N) is 1. The highest BCUT2D eigenvalue weighted by atomic mass is 16.6. The van der Waals surface area contributed by atoms with Crippen LogP contribution in [0.1, 0.15) is 12.5 Å². The smallest absolute Gasteiger partial charge is 0.414 e. The van der Waals surface area contributed by atoms with Gasteiger partial charge in [-0.25, -0.2) is 19.9 Å². The van der Waals surface area contributed by atoms with Gasteiger partial charge in [-0.3, -0.25) is 18.9 Å². The van der Waals surface area contributed by atoms with E-state index in [2.05, 4.69) is 29.9 Å². The topological polar surface area (TPSA) is 266 Å². The summed E-state index contributed by atoms with van der Waals surface area (Å²) in [5.74, 6) is 0.0464. The summed E-state index contributed by atoms with van der Waals surface area (Å²) in [5, 5.41) is 31.9. The van der Waals surface area contributed by atoms with E-state index in [9.17, 15) is 20.1 Å². The molecule has 2 aliphatic rings. The SMILES string of the molecule is COB(C[C@H]1O[C@@H](n2cnc3c(N)ncnc32)[C@H](OC)[C@@H]1O)O[C@@H]1[C@H](O)[C@@H](CO)O[C@H]1n1cnc2c(=O)[nH]c(N)nc21. The zero-order chi connectivity index (χ0) is 29.7. The van der Waals surface area contributed by atoms with Gasteiger partial charge in [0.05, 0.1) is 25.4 Å². The van der Waals surface area contributed by atoms with Crippen LogP contribution in [0.4, 0.5) is 11.8 Å². The number of anilines is 2. The van der Waals surface area contributed by atoms with Crippen LogP contribution < -0.4 is 17.0 Å². The Bertz CT molecular complexity index is 1630. The number of aliphatic hydroxyl groups is 3. The van der Waals surface area contributed by atoms with Crippen LogP contribution >= 0.6 is 0 Å². The summed E-state index contributed by atoms with van der Waals surface area (Å²) in [5.41, 5.74) is 11.9. The second-order valence-electron chi connectivity index (χ2n) is 9.85. The third-order valence-corrected chi connectivity index (χ3v) is 7.46. The summed E-state index contributed by atoms with van der Waals surface area (Å²) in [6.07, 6.45) is -4.13. The molecule has 2 saturated heterocycles. The zero-order valence-corrected chi connectivity index (χ0v) is 22.4. The molecule has 224 valence electrons. The van der Waals surface area contributed by atoms with Gasteiger partial charge < -0.3 is 50.3 Å². The predicted octanol–water partition coefficient (Wildman–Crippen LogP) is -2.83. The van der Waals surface area contributed by atoms with Gasteiger partial charge in [0.2, 0.25) is 5.95 Å². The molecule has 6 rings (SSSR count). The van der Waals surface area contributed by atoms with E-state index < -0.39 is 68.4 Å². The first-order valence-corrected chi connectivity index (χ1v) is 12.9. The number of nitrogens with two attached hydrogens (primary N) is 2. The molecule has 0 radical (unpaired) electrons. The van der Waals surface area contributed by atoms with Crippen LogP contribution in [-0.4, -0.2) is 119 Å². The number of ether oxygens (including phenoxy) is 3. The zero-order valence-electron chi connectivity index (χ0n) is 22.4. The molecule has 2 fully saturated rings. The Hall–Kier alpha value is -3.76. The Morgan fingerprint density at radius 3 is 2.36 bits per heavy atom. The quantitative estimate of drug-likeness (QED) is 0.108. The van der Waals surface area contributed by atoms with Gasteiger partial charge in [0.15, 0.2) is 35.1 Å². The molecule has 0 saturated carbocycles. The molecule has 0 aromatic carbocycles. The van der Waals surface area contributed by atoms with Crippen LogP contribution in [-0.2, 0) is 23.5 Å². The Labute approximate surface area is 236 Å². The highest BCUT2D eigenvalue weighted by molar-refractivity contribution is 6.44. The molecule has 2 aliphatic heterocycles. The van der Waals surface area contributed by atoms with Gasteiger partial charge >= 0.3 is 7.12 Å². The van der Waals surface area contributed by atoms with E-state index in [4.69, 9.17) is 35.0 Å². The highest BCUT2D eigenvalue weighted by Gasteiger charge is 2.51. The summed E-state index contributed by atoms with van der Waals surface area (Å²) in [6, 6.07) is 0. The van der Waals surface area contributed by atoms with Crippen molar-refractivity contribution in [1.82, 2.24) is 39.0 Å². The van der Waals surface area contributed by atoms with Crippen LogP contribution in [0.25, 0.3) is 22.3 Å². The van der Waals surface area contributed by atoms with Crippen LogP contribution in [0.5, 0.6) is 0 Å². The van der Waals surface area contributed by atoms with Crippen molar-refractivity contribution in [1.29, 1.82) is 0 Å². The number of H-pyrrole nitrogens is 1. The molecule has 0 aliphatic carbocycles. The number of rotatable bonds is 9. The molecule has 0 unspecified atom stereocenters. The molecule has 20 heteroatoms. The largest absolute Gasteiger partial charge is 0.459 e. The van der Waals surface area contributed by atoms with Crippen LogP contribution in [0.15, 0.2) is 23.8 Å². The first-order valence-electron chi connectivity index (χ1n) is 12.9. The maximum absolute atomic E-state index is 12.3. The van der Waals surface area contributed by atoms with Crippen molar-refractivity contribution in [2.45, 2.75) is 55.4 Å². The van der Waals surface area contributed by atoms with E-state index in [1.54, 1.807) is 4.57 Å². The first-order chi connectivity index (χ1) is 20.2. The van der Waals surface area contributed by atoms with Crippen molar-refractivity contribution >= 4 is 41.2 Å². The van der Waals surface area contributed by atoms with E-state index in [1.165, 1.54) is 37.8 Å². The minimum absolute atomic E-state index is 0.00467. The Balaban J connectivity index is 1.25. The van der Waals surface area contributed by atoms with Gasteiger partial charge in [-0.05, 0) is 0 Å². The van der Waals surface area contributed by atoms with Crippen molar-refractivity contribution in [3.8, 4) is 0 Å². The lowest BCUT2D eigenvalue weighted by molar-refractivity contribution is -0.0530. The van der Waals surface area contributed by atoms with Gasteiger partial charge in [0, 0.05) is 20.5 Å². The first kappa shape index (κ1) is 28.4. The predicted molar refractivity (Wildman–Crippen MR) is 142 cm³/mol. The summed E-state index contributed by atoms with van der Waals surface area (Å²) in [6.45, 7) is -0.521. The monoisotopic (exact) mass is 588 g/mol. The molecular weight excluding hydrogens is 559 g/mol. The average Bonchev–Trinajstić information content (AvgIpc) is 3.73. The number of aromatic amines is 1. The number of nitrogens with zero attached hydrogens (tertiary/aromatic N) is 7. The van der Waals surface area contributed by atoms with Crippen molar-refractivity contribution < 1.29 is 38.8 Å². The third-order valence-electron chi connectivity index (χ3n) is 7.46. The van der Waals surface area contributed by atoms with Gasteiger partial charge in [-0.15, -0.1) is 0 Å². The van der Waals surface area contributed by atoms with Gasteiger partial charge in [0.1, 0.15) is 42.4 Å². The molecular formula is C22H29BN10O9. The van der Waals surface area contributed by atoms with Gasteiger partial charge in [0.25, 0.3) is 5.56 Å². The van der Waals surface area contributed by atoms with Gasteiger partial charge in [-0.2, -0.15) is 4.98 Å². The van der Waals surface area contributed by atoms with Crippen molar-refractivity contribution in [2.24, 2.45) is 0 Å². The third kappa shape index (κ3) is 4.66. The van der Waals surface area contributed by atoms with E-state index in [1.807, 2.05) is 0 Å².